The van der Waals surface area contributed by atoms with Crippen LogP contribution in [0.5, 0.6) is 5.75 Å². The van der Waals surface area contributed by atoms with Gasteiger partial charge in [0.2, 0.25) is 4.96 Å². The Bertz CT molecular complexity index is 967. The highest BCUT2D eigenvalue weighted by Crippen LogP contribution is 2.18. The van der Waals surface area contributed by atoms with Crippen LogP contribution in [-0.2, 0) is 17.2 Å². The highest BCUT2D eigenvalue weighted by atomic mass is 32.2. The monoisotopic (exact) mass is 377 g/mol. The number of hydrogen-bond acceptors (Lipinski definition) is 7. The second-order valence-electron chi connectivity index (χ2n) is 5.27. The van der Waals surface area contributed by atoms with E-state index in [1.807, 2.05) is 31.2 Å². The highest BCUT2D eigenvalue weighted by molar-refractivity contribution is 7.99. The Morgan fingerprint density at radius 2 is 2.24 bits per heavy atom. The topological polar surface area (TPSA) is 93.8 Å². The van der Waals surface area contributed by atoms with Crippen LogP contribution in [-0.4, -0.2) is 31.4 Å². The molecule has 7 nitrogen and oxygen atoms in total. The molecule has 3 aromatic rings. The second-order valence-corrected chi connectivity index (χ2v) is 7.29. The summed E-state index contributed by atoms with van der Waals surface area (Å²) in [7, 11) is 0. The van der Waals surface area contributed by atoms with Crippen molar-refractivity contribution in [2.45, 2.75) is 19.3 Å². The number of rotatable bonds is 7. The van der Waals surface area contributed by atoms with E-state index in [4.69, 9.17) is 9.84 Å². The van der Waals surface area contributed by atoms with Gasteiger partial charge in [-0.05, 0) is 24.6 Å². The van der Waals surface area contributed by atoms with Crippen LogP contribution in [0.25, 0.3) is 4.96 Å². The third-order valence-electron chi connectivity index (χ3n) is 3.17. The predicted molar refractivity (Wildman–Crippen MR) is 96.4 cm³/mol. The Labute approximate surface area is 151 Å². The molecule has 0 amide bonds. The van der Waals surface area contributed by atoms with E-state index in [2.05, 4.69) is 10.1 Å². The molecule has 0 aliphatic heterocycles. The number of ether oxygens (including phenoxy) is 1. The van der Waals surface area contributed by atoms with Crippen LogP contribution in [0.1, 0.15) is 16.3 Å². The Balaban J connectivity index is 1.74. The zero-order valence-corrected chi connectivity index (χ0v) is 15.0. The lowest BCUT2D eigenvalue weighted by atomic mass is 10.2. The van der Waals surface area contributed by atoms with E-state index < -0.39 is 5.97 Å². The fourth-order valence-corrected chi connectivity index (χ4v) is 3.59. The van der Waals surface area contributed by atoms with Gasteiger partial charge in [0.25, 0.3) is 5.56 Å². The van der Waals surface area contributed by atoms with Gasteiger partial charge in [-0.2, -0.15) is 9.61 Å². The standard InChI is InChI=1S/C16H15N3O4S2/c1-10-3-2-4-12(5-10)23-7-13-18-19-14(20)6-11(17-16(19)25-13)8-24-9-15(21)22/h2-6H,7-9H2,1H3,(H,21,22). The number of carboxylic acids is 1. The molecule has 0 saturated heterocycles. The molecule has 0 atom stereocenters. The molecule has 0 bridgehead atoms. The highest BCUT2D eigenvalue weighted by Gasteiger charge is 2.10. The molecule has 1 aromatic carbocycles. The van der Waals surface area contributed by atoms with Crippen LogP contribution in [0.15, 0.2) is 35.1 Å². The molecule has 0 aliphatic carbocycles. The second kappa shape index (κ2) is 7.66. The molecule has 0 spiro atoms. The summed E-state index contributed by atoms with van der Waals surface area (Å²) >= 11 is 2.48. The van der Waals surface area contributed by atoms with Crippen LogP contribution in [0.3, 0.4) is 0 Å². The number of nitrogens with zero attached hydrogens (tertiary/aromatic N) is 3. The summed E-state index contributed by atoms with van der Waals surface area (Å²) < 4.78 is 6.94. The van der Waals surface area contributed by atoms with Crippen molar-refractivity contribution in [1.29, 1.82) is 0 Å². The zero-order valence-electron chi connectivity index (χ0n) is 13.3. The van der Waals surface area contributed by atoms with Gasteiger partial charge in [-0.25, -0.2) is 4.98 Å². The van der Waals surface area contributed by atoms with Crippen molar-refractivity contribution in [2.75, 3.05) is 5.75 Å². The van der Waals surface area contributed by atoms with Crippen molar-refractivity contribution in [3.05, 3.63) is 57.0 Å². The molecule has 3 rings (SSSR count). The van der Waals surface area contributed by atoms with E-state index in [0.717, 1.165) is 11.3 Å². The molecular formula is C16H15N3O4S2. The lowest BCUT2D eigenvalue weighted by molar-refractivity contribution is -0.133. The number of aliphatic carboxylic acids is 1. The van der Waals surface area contributed by atoms with Crippen molar-refractivity contribution >= 4 is 34.0 Å². The number of fused-ring (bicyclic) bond motifs is 1. The Hall–Kier alpha value is -2.39. The van der Waals surface area contributed by atoms with E-state index in [-0.39, 0.29) is 17.9 Å². The van der Waals surface area contributed by atoms with Gasteiger partial charge in [0, 0.05) is 11.8 Å². The number of hydrogen-bond donors (Lipinski definition) is 1. The minimum Gasteiger partial charge on any atom is -0.486 e. The normalized spacial score (nSPS) is 10.9. The number of thioether (sulfide) groups is 1. The minimum absolute atomic E-state index is 0.0284. The van der Waals surface area contributed by atoms with Crippen LogP contribution in [0.4, 0.5) is 0 Å². The number of carboxylic acid groups (broad SMARTS) is 1. The fourth-order valence-electron chi connectivity index (χ4n) is 2.12. The smallest absolute Gasteiger partial charge is 0.313 e. The molecule has 9 heteroatoms. The van der Waals surface area contributed by atoms with Crippen molar-refractivity contribution in [1.82, 2.24) is 14.6 Å². The Kier molecular flexibility index (Phi) is 5.34. The van der Waals surface area contributed by atoms with E-state index in [9.17, 15) is 9.59 Å². The lowest BCUT2D eigenvalue weighted by Crippen LogP contribution is -2.15. The number of aryl methyl sites for hydroxylation is 1. The van der Waals surface area contributed by atoms with E-state index in [1.54, 1.807) is 0 Å². The summed E-state index contributed by atoms with van der Waals surface area (Å²) in [5.41, 5.74) is 1.36. The van der Waals surface area contributed by atoms with Crippen LogP contribution in [0, 0.1) is 6.92 Å². The maximum absolute atomic E-state index is 12.1. The van der Waals surface area contributed by atoms with Gasteiger partial charge in [0.05, 0.1) is 11.4 Å². The first-order valence-electron chi connectivity index (χ1n) is 7.39. The fraction of sp³-hybridized carbons (Fsp3) is 0.250. The molecule has 25 heavy (non-hydrogen) atoms. The molecule has 0 saturated carbocycles. The first-order chi connectivity index (χ1) is 12.0. The molecule has 0 radical (unpaired) electrons. The van der Waals surface area contributed by atoms with E-state index in [0.29, 0.717) is 21.4 Å². The summed E-state index contributed by atoms with van der Waals surface area (Å²) in [6, 6.07) is 9.07. The summed E-state index contributed by atoms with van der Waals surface area (Å²) in [5.74, 6) is 0.186. The average Bonchev–Trinajstić information content (AvgIpc) is 2.96. The summed E-state index contributed by atoms with van der Waals surface area (Å²) in [4.78, 5) is 27.5. The van der Waals surface area contributed by atoms with Gasteiger partial charge in [0.1, 0.15) is 12.4 Å². The van der Waals surface area contributed by atoms with Crippen LogP contribution < -0.4 is 10.3 Å². The first kappa shape index (κ1) is 17.4. The average molecular weight is 377 g/mol. The molecule has 0 aliphatic rings. The SMILES string of the molecule is Cc1cccc(OCc2nn3c(=O)cc(CSCC(=O)O)nc3s2)c1. The van der Waals surface area contributed by atoms with Crippen LogP contribution >= 0.6 is 23.1 Å². The zero-order chi connectivity index (χ0) is 17.8. The molecule has 0 unspecified atom stereocenters. The van der Waals surface area contributed by atoms with Crippen molar-refractivity contribution < 1.29 is 14.6 Å². The third-order valence-corrected chi connectivity index (χ3v) is 5.00. The first-order valence-corrected chi connectivity index (χ1v) is 9.36. The van der Waals surface area contributed by atoms with Crippen molar-refractivity contribution in [2.24, 2.45) is 0 Å². The van der Waals surface area contributed by atoms with E-state index in [1.165, 1.54) is 33.7 Å². The number of benzene rings is 1. The quantitative estimate of drug-likeness (QED) is 0.675. The largest absolute Gasteiger partial charge is 0.486 e. The van der Waals surface area contributed by atoms with Gasteiger partial charge in [-0.15, -0.1) is 11.8 Å². The summed E-state index contributed by atoms with van der Waals surface area (Å²) in [6.45, 7) is 2.23. The predicted octanol–water partition coefficient (Wildman–Crippen LogP) is 2.36. The van der Waals surface area contributed by atoms with E-state index >= 15 is 0 Å². The van der Waals surface area contributed by atoms with Gasteiger partial charge < -0.3 is 9.84 Å². The minimum atomic E-state index is -0.892. The molecule has 0 fully saturated rings. The van der Waals surface area contributed by atoms with Gasteiger partial charge in [-0.1, -0.05) is 23.5 Å². The molecule has 130 valence electrons. The number of aromatic nitrogens is 3. The molecule has 2 heterocycles. The maximum Gasteiger partial charge on any atom is 0.313 e. The summed E-state index contributed by atoms with van der Waals surface area (Å²) in [5, 5.41) is 13.5. The van der Waals surface area contributed by atoms with Gasteiger partial charge in [-0.3, -0.25) is 9.59 Å². The molecular weight excluding hydrogens is 362 g/mol. The van der Waals surface area contributed by atoms with Crippen LogP contribution in [0.2, 0.25) is 0 Å². The van der Waals surface area contributed by atoms with Crippen molar-refractivity contribution in [3.63, 3.8) is 0 Å². The maximum atomic E-state index is 12.1. The Morgan fingerprint density at radius 1 is 1.40 bits per heavy atom. The Morgan fingerprint density at radius 3 is 3.00 bits per heavy atom. The molecule has 1 N–H and O–H groups in total. The van der Waals surface area contributed by atoms with Gasteiger partial charge in [0.15, 0.2) is 5.01 Å². The molecule has 2 aromatic heterocycles. The van der Waals surface area contributed by atoms with Crippen molar-refractivity contribution in [3.8, 4) is 5.75 Å². The number of carbonyl (C=O) groups is 1. The third kappa shape index (κ3) is 4.58. The lowest BCUT2D eigenvalue weighted by Gasteiger charge is -2.03. The van der Waals surface area contributed by atoms with Gasteiger partial charge >= 0.3 is 5.97 Å². The summed E-state index contributed by atoms with van der Waals surface area (Å²) in [6.07, 6.45) is 0.